The van der Waals surface area contributed by atoms with Crippen LogP contribution in [0.3, 0.4) is 0 Å². The van der Waals surface area contributed by atoms with Gasteiger partial charge in [0.2, 0.25) is 5.91 Å². The fourth-order valence-electron chi connectivity index (χ4n) is 6.63. The minimum atomic E-state index is -0.573. The summed E-state index contributed by atoms with van der Waals surface area (Å²) in [5.74, 6) is -0.0107. The van der Waals surface area contributed by atoms with Gasteiger partial charge in [-0.15, -0.1) is 11.6 Å². The number of fused-ring (bicyclic) bond motifs is 6. The van der Waals surface area contributed by atoms with Gasteiger partial charge in [-0.05, 0) is 68.4 Å². The van der Waals surface area contributed by atoms with Gasteiger partial charge in [0.05, 0.1) is 47.4 Å². The molecule has 3 aliphatic carbocycles. The zero-order valence-corrected chi connectivity index (χ0v) is 20.1. The third-order valence-corrected chi connectivity index (χ3v) is 9.38. The first kappa shape index (κ1) is 22.3. The molecule has 7 rings (SSSR count). The summed E-state index contributed by atoms with van der Waals surface area (Å²) in [6.07, 6.45) is 7.19. The molecule has 0 radical (unpaired) electrons. The number of aromatic nitrogens is 2. The van der Waals surface area contributed by atoms with Crippen LogP contribution in [0.2, 0.25) is 0 Å². The number of anilines is 1. The van der Waals surface area contributed by atoms with Gasteiger partial charge >= 0.3 is 0 Å². The number of aliphatic hydroxyl groups is 1. The zero-order chi connectivity index (χ0) is 24.2. The maximum atomic E-state index is 13.3. The second-order valence-corrected chi connectivity index (χ2v) is 10.9. The van der Waals surface area contributed by atoms with Crippen LogP contribution in [0.4, 0.5) is 5.69 Å². The highest BCUT2D eigenvalue weighted by Crippen LogP contribution is 2.61. The van der Waals surface area contributed by atoms with Crippen LogP contribution < -0.4 is 5.32 Å². The number of alkyl halides is 1. The fourth-order valence-corrected chi connectivity index (χ4v) is 7.29. The number of nitrogens with zero attached hydrogens (tertiary/aromatic N) is 3. The lowest BCUT2D eigenvalue weighted by Crippen LogP contribution is -2.58. The first-order valence-electron chi connectivity index (χ1n) is 12.2. The number of hydrogen-bond donors (Lipinski definition) is 2. The predicted molar refractivity (Wildman–Crippen MR) is 134 cm³/mol. The van der Waals surface area contributed by atoms with Gasteiger partial charge in [0.15, 0.2) is 0 Å². The van der Waals surface area contributed by atoms with Crippen LogP contribution in [0.1, 0.15) is 55.7 Å². The molecule has 3 atom stereocenters. The number of rotatable bonds is 5. The summed E-state index contributed by atoms with van der Waals surface area (Å²) < 4.78 is 2.16. The molecule has 2 aromatic carbocycles. The van der Waals surface area contributed by atoms with E-state index in [4.69, 9.17) is 16.9 Å². The first-order chi connectivity index (χ1) is 17.0. The van der Waals surface area contributed by atoms with E-state index >= 15 is 0 Å². The number of amides is 1. The van der Waals surface area contributed by atoms with Crippen LogP contribution >= 0.6 is 11.6 Å². The number of benzene rings is 2. The number of halogens is 1. The van der Waals surface area contributed by atoms with Gasteiger partial charge < -0.3 is 15.0 Å². The van der Waals surface area contributed by atoms with Crippen molar-refractivity contribution < 1.29 is 9.90 Å². The van der Waals surface area contributed by atoms with E-state index in [2.05, 4.69) is 33.1 Å². The number of nitriles is 1. The highest BCUT2D eigenvalue weighted by Gasteiger charge is 2.59. The molecule has 2 bridgehead atoms. The Morgan fingerprint density at radius 3 is 2.66 bits per heavy atom. The van der Waals surface area contributed by atoms with Crippen molar-refractivity contribution in [2.45, 2.75) is 56.0 Å². The van der Waals surface area contributed by atoms with Gasteiger partial charge in [0.1, 0.15) is 0 Å². The number of imidazole rings is 1. The van der Waals surface area contributed by atoms with Gasteiger partial charge in [-0.2, -0.15) is 5.26 Å². The van der Waals surface area contributed by atoms with E-state index in [0.29, 0.717) is 36.9 Å². The first-order valence-corrected chi connectivity index (χ1v) is 12.6. The molecular weight excluding hydrogens is 460 g/mol. The summed E-state index contributed by atoms with van der Waals surface area (Å²) in [7, 11) is 0. The predicted octanol–water partition coefficient (Wildman–Crippen LogP) is 5.27. The molecule has 6 nitrogen and oxygen atoms in total. The Hall–Kier alpha value is -3.14. The van der Waals surface area contributed by atoms with Crippen molar-refractivity contribution in [3.63, 3.8) is 0 Å². The molecule has 178 valence electrons. The van der Waals surface area contributed by atoms with Gasteiger partial charge in [0.25, 0.3) is 0 Å². The van der Waals surface area contributed by atoms with E-state index < -0.39 is 16.9 Å². The lowest BCUT2D eigenvalue weighted by Gasteiger charge is -2.57. The van der Waals surface area contributed by atoms with Crippen molar-refractivity contribution >= 4 is 23.2 Å². The molecule has 3 fully saturated rings. The van der Waals surface area contributed by atoms with Gasteiger partial charge in [0, 0.05) is 22.0 Å². The Morgan fingerprint density at radius 1 is 1.20 bits per heavy atom. The average molecular weight is 487 g/mol. The van der Waals surface area contributed by atoms with Crippen molar-refractivity contribution in [1.29, 1.82) is 5.26 Å². The molecule has 35 heavy (non-hydrogen) atoms. The van der Waals surface area contributed by atoms with Gasteiger partial charge in [-0.3, -0.25) is 4.79 Å². The van der Waals surface area contributed by atoms with E-state index in [1.54, 1.807) is 24.3 Å². The van der Waals surface area contributed by atoms with Crippen LogP contribution in [0.25, 0.3) is 11.3 Å². The summed E-state index contributed by atoms with van der Waals surface area (Å²) in [6.45, 7) is 0. The third-order valence-electron chi connectivity index (χ3n) is 8.79. The molecule has 2 N–H and O–H groups in total. The highest BCUT2D eigenvalue weighted by molar-refractivity contribution is 6.21. The van der Waals surface area contributed by atoms with Crippen molar-refractivity contribution in [2.24, 2.45) is 10.8 Å². The zero-order valence-electron chi connectivity index (χ0n) is 19.3. The van der Waals surface area contributed by atoms with E-state index in [0.717, 1.165) is 18.5 Å². The molecule has 0 saturated heterocycles. The molecule has 4 aliphatic rings. The number of carbonyl (C=O) groups excluding carboxylic acids is 1. The molecule has 3 aromatic rings. The minimum absolute atomic E-state index is 0.0107. The molecule has 7 heteroatoms. The summed E-state index contributed by atoms with van der Waals surface area (Å²) in [5.41, 5.74) is 3.82. The summed E-state index contributed by atoms with van der Waals surface area (Å²) in [6, 6.07) is 17.4. The second kappa shape index (κ2) is 8.22. The van der Waals surface area contributed by atoms with Crippen LogP contribution in [-0.2, 0) is 4.79 Å². The smallest absolute Gasteiger partial charge is 0.230 e. The molecule has 1 amide bonds. The van der Waals surface area contributed by atoms with Crippen LogP contribution in [0.5, 0.6) is 0 Å². The van der Waals surface area contributed by atoms with Crippen molar-refractivity contribution in [2.75, 3.05) is 5.32 Å². The Balaban J connectivity index is 1.19. The number of carbonyl (C=O) groups is 1. The topological polar surface area (TPSA) is 90.9 Å². The molecule has 1 aliphatic heterocycles. The Bertz CT molecular complexity index is 1320. The van der Waals surface area contributed by atoms with Gasteiger partial charge in [-0.1, -0.05) is 24.3 Å². The average Bonchev–Trinajstić information content (AvgIpc) is 3.47. The maximum absolute atomic E-state index is 13.3. The molecule has 0 spiro atoms. The molecular formula is C28H27ClN4O2. The molecule has 1 aromatic heterocycles. The normalized spacial score (nSPS) is 29.2. The monoisotopic (exact) mass is 486 g/mol. The maximum Gasteiger partial charge on any atom is 0.230 e. The van der Waals surface area contributed by atoms with Crippen LogP contribution in [0, 0.1) is 22.2 Å². The van der Waals surface area contributed by atoms with Crippen LogP contribution in [0.15, 0.2) is 61.1 Å². The lowest BCUT2D eigenvalue weighted by atomic mass is 9.51. The van der Waals surface area contributed by atoms with Crippen molar-refractivity contribution in [1.82, 2.24) is 9.55 Å². The van der Waals surface area contributed by atoms with E-state index in [9.17, 15) is 9.90 Å². The third kappa shape index (κ3) is 3.41. The Morgan fingerprint density at radius 2 is 1.94 bits per heavy atom. The van der Waals surface area contributed by atoms with E-state index in [1.807, 2.05) is 24.7 Å². The molecule has 3 saturated carbocycles. The fraction of sp³-hybridized carbons (Fsp3) is 0.393. The number of aliphatic hydroxyl groups excluding tert-OH is 1. The summed E-state index contributed by atoms with van der Waals surface area (Å²) in [4.78, 5) is 17.7. The highest BCUT2D eigenvalue weighted by atomic mass is 35.5. The standard InChI is InChI=1S/C28H27ClN4O2/c29-24-14-27(26(35)32-19-7-5-18(15-30)6-8-19)9-11-28(24,12-10-27)25(34)13-22-20-3-1-2-4-21(20)23-16-31-17-33(22)23/h1-8,16-17,22,24-25,34H,9-14H2,(H,32,35). The lowest BCUT2D eigenvalue weighted by molar-refractivity contribution is -0.141. The van der Waals surface area contributed by atoms with Gasteiger partial charge in [-0.25, -0.2) is 4.98 Å². The molecule has 2 heterocycles. The Labute approximate surface area is 209 Å². The Kier molecular flexibility index (Phi) is 5.24. The number of hydrogen-bond acceptors (Lipinski definition) is 4. The van der Waals surface area contributed by atoms with Crippen molar-refractivity contribution in [3.05, 3.63) is 72.2 Å². The quantitative estimate of drug-likeness (QED) is 0.480. The largest absolute Gasteiger partial charge is 0.392 e. The van der Waals surface area contributed by atoms with E-state index in [1.165, 1.54) is 11.1 Å². The van der Waals surface area contributed by atoms with E-state index in [-0.39, 0.29) is 17.3 Å². The van der Waals surface area contributed by atoms with Crippen molar-refractivity contribution in [3.8, 4) is 17.3 Å². The van der Waals surface area contributed by atoms with Crippen LogP contribution in [-0.4, -0.2) is 32.0 Å². The SMILES string of the molecule is N#Cc1ccc(NC(=O)C23CCC(C(O)CC4c5ccccc5-c5cncn54)(CC2)C(Cl)C3)cc1. The summed E-state index contributed by atoms with van der Waals surface area (Å²) in [5, 5.41) is 23.4. The summed E-state index contributed by atoms with van der Waals surface area (Å²) >= 11 is 7.01. The minimum Gasteiger partial charge on any atom is -0.392 e. The molecule has 3 unspecified atom stereocenters. The second-order valence-electron chi connectivity index (χ2n) is 10.4. The number of nitrogens with one attached hydrogen (secondary N) is 1.